The van der Waals surface area contributed by atoms with Gasteiger partial charge in [0.05, 0.1) is 24.2 Å². The molecule has 1 aliphatic heterocycles. The molecule has 7 nitrogen and oxygen atoms in total. The molecule has 2 N–H and O–H groups in total. The number of hydrogen-bond donors (Lipinski definition) is 2. The zero-order valence-electron chi connectivity index (χ0n) is 13.6. The highest BCUT2D eigenvalue weighted by Gasteiger charge is 2.16. The number of carbonyl (C=O) groups excluding carboxylic acids is 1. The van der Waals surface area contributed by atoms with Crippen LogP contribution >= 0.6 is 0 Å². The second kappa shape index (κ2) is 8.03. The van der Waals surface area contributed by atoms with Gasteiger partial charge in [-0.2, -0.15) is 0 Å². The number of rotatable bonds is 6. The Labute approximate surface area is 141 Å². The maximum absolute atomic E-state index is 12.3. The van der Waals surface area contributed by atoms with E-state index in [1.54, 1.807) is 29.2 Å². The summed E-state index contributed by atoms with van der Waals surface area (Å²) < 4.78 is 1.63. The molecule has 0 bridgehead atoms. The Morgan fingerprint density at radius 3 is 2.92 bits per heavy atom. The van der Waals surface area contributed by atoms with E-state index in [0.29, 0.717) is 12.1 Å². The number of aliphatic hydroxyl groups is 1. The molecule has 2 aromatic rings. The van der Waals surface area contributed by atoms with E-state index in [4.69, 9.17) is 0 Å². The van der Waals surface area contributed by atoms with Gasteiger partial charge in [0.1, 0.15) is 0 Å². The summed E-state index contributed by atoms with van der Waals surface area (Å²) in [5, 5.41) is 20.2. The fourth-order valence-corrected chi connectivity index (χ4v) is 2.89. The molecule has 128 valence electrons. The number of carbonyl (C=O) groups is 1. The van der Waals surface area contributed by atoms with Crippen molar-refractivity contribution < 1.29 is 9.90 Å². The Morgan fingerprint density at radius 1 is 1.33 bits per heavy atom. The highest BCUT2D eigenvalue weighted by molar-refractivity contribution is 5.94. The molecule has 0 atom stereocenters. The van der Waals surface area contributed by atoms with Gasteiger partial charge < -0.3 is 15.3 Å². The molecular formula is C17H23N5O2. The van der Waals surface area contributed by atoms with Crippen LogP contribution in [-0.4, -0.2) is 63.2 Å². The van der Waals surface area contributed by atoms with Gasteiger partial charge >= 0.3 is 0 Å². The minimum absolute atomic E-state index is 0.0777. The predicted molar refractivity (Wildman–Crippen MR) is 90.0 cm³/mol. The fraction of sp³-hybridized carbons (Fsp3) is 0.471. The summed E-state index contributed by atoms with van der Waals surface area (Å²) in [5.74, 6) is -0.0777. The molecule has 1 fully saturated rings. The van der Waals surface area contributed by atoms with E-state index in [-0.39, 0.29) is 12.0 Å². The maximum Gasteiger partial charge on any atom is 0.251 e. The lowest BCUT2D eigenvalue weighted by Crippen LogP contribution is -2.37. The molecule has 0 spiro atoms. The van der Waals surface area contributed by atoms with Crippen molar-refractivity contribution in [2.75, 3.05) is 26.2 Å². The molecule has 1 aromatic carbocycles. The van der Waals surface area contributed by atoms with Crippen LogP contribution in [0.5, 0.6) is 0 Å². The third-order valence-corrected chi connectivity index (χ3v) is 4.29. The number of benzene rings is 1. The van der Waals surface area contributed by atoms with Gasteiger partial charge in [-0.1, -0.05) is 11.3 Å². The van der Waals surface area contributed by atoms with Gasteiger partial charge in [0.15, 0.2) is 0 Å². The second-order valence-corrected chi connectivity index (χ2v) is 6.08. The minimum atomic E-state index is -0.141. The van der Waals surface area contributed by atoms with E-state index in [2.05, 4.69) is 20.5 Å². The first-order chi connectivity index (χ1) is 11.7. The topological polar surface area (TPSA) is 83.3 Å². The van der Waals surface area contributed by atoms with Crippen molar-refractivity contribution in [1.29, 1.82) is 0 Å². The number of aliphatic hydroxyl groups excluding tert-OH is 1. The number of amides is 1. The average Bonchev–Trinajstić information content (AvgIpc) is 3.15. The normalized spacial score (nSPS) is 16.2. The predicted octanol–water partition coefficient (Wildman–Crippen LogP) is 0.844. The van der Waals surface area contributed by atoms with E-state index < -0.39 is 0 Å². The highest BCUT2D eigenvalue weighted by Crippen LogP contribution is 2.10. The van der Waals surface area contributed by atoms with Gasteiger partial charge in [-0.15, -0.1) is 5.10 Å². The molecule has 24 heavy (non-hydrogen) atoms. The third-order valence-electron chi connectivity index (χ3n) is 4.29. The molecule has 1 aliphatic rings. The number of piperidine rings is 1. The smallest absolute Gasteiger partial charge is 0.251 e. The lowest BCUT2D eigenvalue weighted by Gasteiger charge is -2.29. The van der Waals surface area contributed by atoms with E-state index in [9.17, 15) is 9.90 Å². The van der Waals surface area contributed by atoms with Gasteiger partial charge in [-0.25, -0.2) is 4.68 Å². The molecule has 7 heteroatoms. The molecule has 1 saturated heterocycles. The summed E-state index contributed by atoms with van der Waals surface area (Å²) in [7, 11) is 0. The second-order valence-electron chi connectivity index (χ2n) is 6.08. The first-order valence-electron chi connectivity index (χ1n) is 8.38. The summed E-state index contributed by atoms with van der Waals surface area (Å²) in [5.41, 5.74) is 1.43. The lowest BCUT2D eigenvalue weighted by atomic mass is 10.1. The Bertz CT molecular complexity index is 651. The summed E-state index contributed by atoms with van der Waals surface area (Å²) in [4.78, 5) is 14.6. The molecule has 3 rings (SSSR count). The highest BCUT2D eigenvalue weighted by atomic mass is 16.3. The Hall–Kier alpha value is -2.25. The van der Waals surface area contributed by atoms with Crippen molar-refractivity contribution in [3.63, 3.8) is 0 Å². The maximum atomic E-state index is 12.3. The van der Waals surface area contributed by atoms with Gasteiger partial charge in [0.25, 0.3) is 5.91 Å². The third kappa shape index (κ3) is 4.39. The van der Waals surface area contributed by atoms with Crippen molar-refractivity contribution in [3.8, 4) is 5.69 Å². The van der Waals surface area contributed by atoms with Crippen LogP contribution in [0.1, 0.15) is 29.6 Å². The number of nitrogens with zero attached hydrogens (tertiary/aromatic N) is 4. The van der Waals surface area contributed by atoms with Crippen LogP contribution in [0.3, 0.4) is 0 Å². The fourth-order valence-electron chi connectivity index (χ4n) is 2.89. The first-order valence-corrected chi connectivity index (χ1v) is 8.38. The molecule has 0 aliphatic carbocycles. The number of nitrogens with one attached hydrogen (secondary N) is 1. The van der Waals surface area contributed by atoms with Gasteiger partial charge in [0, 0.05) is 25.2 Å². The quantitative estimate of drug-likeness (QED) is 0.768. The Balaban J connectivity index is 1.44. The zero-order valence-corrected chi connectivity index (χ0v) is 13.6. The Morgan fingerprint density at radius 2 is 2.17 bits per heavy atom. The average molecular weight is 329 g/mol. The van der Waals surface area contributed by atoms with E-state index in [1.807, 2.05) is 12.1 Å². The first kappa shape index (κ1) is 16.6. The van der Waals surface area contributed by atoms with Crippen LogP contribution in [-0.2, 0) is 0 Å². The minimum Gasteiger partial charge on any atom is -0.393 e. The van der Waals surface area contributed by atoms with Gasteiger partial charge in [-0.05, 0) is 44.0 Å². The van der Waals surface area contributed by atoms with Crippen LogP contribution < -0.4 is 5.32 Å². The van der Waals surface area contributed by atoms with Crippen LogP contribution in [0, 0.1) is 0 Å². The van der Waals surface area contributed by atoms with E-state index in [1.165, 1.54) is 0 Å². The van der Waals surface area contributed by atoms with Crippen molar-refractivity contribution in [1.82, 2.24) is 25.2 Å². The SMILES string of the molecule is O=C(NCCCN1CCC(O)CC1)c1cccc(-n2ccnn2)c1. The van der Waals surface area contributed by atoms with Gasteiger partial charge in [0.2, 0.25) is 0 Å². The molecule has 0 unspecified atom stereocenters. The molecule has 0 saturated carbocycles. The van der Waals surface area contributed by atoms with Crippen LogP contribution in [0.2, 0.25) is 0 Å². The summed E-state index contributed by atoms with van der Waals surface area (Å²) in [6, 6.07) is 7.32. The largest absolute Gasteiger partial charge is 0.393 e. The van der Waals surface area contributed by atoms with E-state index in [0.717, 1.165) is 44.6 Å². The summed E-state index contributed by atoms with van der Waals surface area (Å²) >= 11 is 0. The van der Waals surface area contributed by atoms with Crippen molar-refractivity contribution in [3.05, 3.63) is 42.2 Å². The van der Waals surface area contributed by atoms with E-state index >= 15 is 0 Å². The van der Waals surface area contributed by atoms with Gasteiger partial charge in [-0.3, -0.25) is 4.79 Å². The summed E-state index contributed by atoms with van der Waals surface area (Å²) in [6.45, 7) is 3.47. The van der Waals surface area contributed by atoms with Crippen LogP contribution in [0.25, 0.3) is 5.69 Å². The molecule has 2 heterocycles. The van der Waals surface area contributed by atoms with Crippen LogP contribution in [0.4, 0.5) is 0 Å². The monoisotopic (exact) mass is 329 g/mol. The van der Waals surface area contributed by atoms with Crippen LogP contribution in [0.15, 0.2) is 36.7 Å². The zero-order chi connectivity index (χ0) is 16.8. The summed E-state index contributed by atoms with van der Waals surface area (Å²) in [6.07, 6.45) is 5.81. The number of likely N-dealkylation sites (tertiary alicyclic amines) is 1. The number of hydrogen-bond acceptors (Lipinski definition) is 5. The van der Waals surface area contributed by atoms with Crippen molar-refractivity contribution >= 4 is 5.91 Å². The molecule has 1 amide bonds. The van der Waals surface area contributed by atoms with Crippen molar-refractivity contribution in [2.45, 2.75) is 25.4 Å². The standard InChI is InChI=1S/C17H23N5O2/c23-16-5-10-21(11-6-16)9-2-7-18-17(24)14-3-1-4-15(13-14)22-12-8-19-20-22/h1,3-4,8,12-13,16,23H,2,5-7,9-11H2,(H,18,24). The number of aromatic nitrogens is 3. The molecule has 1 aromatic heterocycles. The van der Waals surface area contributed by atoms with Crippen molar-refractivity contribution in [2.24, 2.45) is 0 Å². The lowest BCUT2D eigenvalue weighted by molar-refractivity contribution is 0.0816. The molecular weight excluding hydrogens is 306 g/mol. The molecule has 0 radical (unpaired) electrons. The Kier molecular flexibility index (Phi) is 5.55.